The van der Waals surface area contributed by atoms with Crippen LogP contribution in [0, 0.1) is 29.6 Å². The van der Waals surface area contributed by atoms with E-state index in [9.17, 15) is 9.59 Å². The summed E-state index contributed by atoms with van der Waals surface area (Å²) < 4.78 is 12.2. The molecule has 1 saturated carbocycles. The molecule has 2 aliphatic carbocycles. The Labute approximate surface area is 162 Å². The molecule has 0 radical (unpaired) electrons. The van der Waals surface area contributed by atoms with Gasteiger partial charge in [0.2, 0.25) is 0 Å². The number of cyclic esters (lactones) is 1. The van der Waals surface area contributed by atoms with E-state index in [1.165, 1.54) is 5.57 Å². The van der Waals surface area contributed by atoms with Crippen molar-refractivity contribution in [2.45, 2.75) is 32.8 Å². The van der Waals surface area contributed by atoms with E-state index in [1.54, 1.807) is 12.1 Å². The van der Waals surface area contributed by atoms with Gasteiger partial charge in [0, 0.05) is 16.3 Å². The van der Waals surface area contributed by atoms with Crippen molar-refractivity contribution in [1.82, 2.24) is 0 Å². The van der Waals surface area contributed by atoms with Gasteiger partial charge in [-0.2, -0.15) is 0 Å². The highest BCUT2D eigenvalue weighted by Crippen LogP contribution is 2.51. The summed E-state index contributed by atoms with van der Waals surface area (Å²) in [5.74, 6) is 0.425. The maximum Gasteiger partial charge on any atom is 0.338 e. The van der Waals surface area contributed by atoms with E-state index in [4.69, 9.17) is 9.47 Å². The molecule has 0 aromatic heterocycles. The van der Waals surface area contributed by atoms with Crippen molar-refractivity contribution in [2.24, 2.45) is 29.6 Å². The Morgan fingerprint density at radius 3 is 2.69 bits per heavy atom. The molecule has 26 heavy (non-hydrogen) atoms. The highest BCUT2D eigenvalue weighted by molar-refractivity contribution is 9.10. The topological polar surface area (TPSA) is 52.6 Å². The fourth-order valence-corrected chi connectivity index (χ4v) is 5.25. The summed E-state index contributed by atoms with van der Waals surface area (Å²) in [6, 6.07) is 7.21. The van der Waals surface area contributed by atoms with Crippen LogP contribution in [0.3, 0.4) is 0 Å². The number of esters is 2. The van der Waals surface area contributed by atoms with Crippen LogP contribution in [0.5, 0.6) is 0 Å². The van der Waals surface area contributed by atoms with E-state index < -0.39 is 0 Å². The zero-order valence-corrected chi connectivity index (χ0v) is 16.6. The van der Waals surface area contributed by atoms with E-state index in [2.05, 4.69) is 35.9 Å². The van der Waals surface area contributed by atoms with Gasteiger partial charge in [0.15, 0.2) is 0 Å². The molecular weight excluding hydrogens is 396 g/mol. The molecule has 0 bridgehead atoms. The number of halogens is 1. The normalized spacial score (nSPS) is 35.8. The second kappa shape index (κ2) is 6.84. The van der Waals surface area contributed by atoms with Crippen LogP contribution in [0.2, 0.25) is 0 Å². The second-order valence-electron chi connectivity index (χ2n) is 7.83. The Hall–Kier alpha value is -1.62. The average Bonchev–Trinajstić information content (AvgIpc) is 3.00. The first kappa shape index (κ1) is 17.8. The number of carbonyl (C=O) groups excluding carboxylic acids is 2. The van der Waals surface area contributed by atoms with Crippen LogP contribution in [0.1, 0.15) is 37.0 Å². The summed E-state index contributed by atoms with van der Waals surface area (Å²) in [5.41, 5.74) is 1.75. The lowest BCUT2D eigenvalue weighted by Crippen LogP contribution is -2.47. The largest absolute Gasteiger partial charge is 0.465 e. The summed E-state index contributed by atoms with van der Waals surface area (Å²) in [7, 11) is 0. The average molecular weight is 419 g/mol. The second-order valence-corrected chi connectivity index (χ2v) is 8.75. The van der Waals surface area contributed by atoms with Crippen molar-refractivity contribution in [2.75, 3.05) is 6.61 Å². The van der Waals surface area contributed by atoms with Gasteiger partial charge in [0.25, 0.3) is 0 Å². The lowest BCUT2D eigenvalue weighted by atomic mass is 9.59. The van der Waals surface area contributed by atoms with Gasteiger partial charge in [0.05, 0.1) is 18.1 Å². The summed E-state index contributed by atoms with van der Waals surface area (Å²) in [6.45, 7) is 4.77. The standard InChI is InChI=1S/C21H23BrO4/c1-11-3-8-17(26-20(23)13-4-6-14(22)7-5-13)15-9-12(2)16-10-25-21(24)19(16)18(11)15/h4-7,9,11,15-19H,3,8,10H2,1-2H3/t11-,15-,16+,17-,18+,19+/m0/s1. The quantitative estimate of drug-likeness (QED) is 0.527. The number of hydrogen-bond acceptors (Lipinski definition) is 4. The van der Waals surface area contributed by atoms with Gasteiger partial charge in [-0.1, -0.05) is 34.5 Å². The first-order valence-corrected chi connectivity index (χ1v) is 10.1. The molecule has 3 aliphatic rings. The molecule has 2 fully saturated rings. The molecule has 1 aliphatic heterocycles. The van der Waals surface area contributed by atoms with E-state index in [0.29, 0.717) is 18.1 Å². The number of fused-ring (bicyclic) bond motifs is 3. The van der Waals surface area contributed by atoms with Crippen molar-refractivity contribution < 1.29 is 19.1 Å². The van der Waals surface area contributed by atoms with Crippen LogP contribution in [0.4, 0.5) is 0 Å². The third-order valence-corrected chi connectivity index (χ3v) is 6.87. The molecule has 0 unspecified atom stereocenters. The van der Waals surface area contributed by atoms with Gasteiger partial charge < -0.3 is 9.47 Å². The Morgan fingerprint density at radius 1 is 1.23 bits per heavy atom. The molecule has 4 nitrogen and oxygen atoms in total. The van der Waals surface area contributed by atoms with E-state index in [-0.39, 0.29) is 41.7 Å². The monoisotopic (exact) mass is 418 g/mol. The zero-order chi connectivity index (χ0) is 18.4. The minimum atomic E-state index is -0.294. The van der Waals surface area contributed by atoms with E-state index in [1.807, 2.05) is 12.1 Å². The Bertz CT molecular complexity index is 754. The SMILES string of the molecule is CC1=C[C@@H]2[C@H]([C@@H]3C(=O)OC[C@H]13)[C@@H](C)CC[C@@H]2OC(=O)c1ccc(Br)cc1. The lowest BCUT2D eigenvalue weighted by molar-refractivity contribution is -0.145. The van der Waals surface area contributed by atoms with Crippen molar-refractivity contribution in [3.05, 3.63) is 46.0 Å². The molecule has 4 rings (SSSR count). The Kier molecular flexibility index (Phi) is 4.68. The number of ether oxygens (including phenoxy) is 2. The fraction of sp³-hybridized carbons (Fsp3) is 0.524. The molecule has 0 spiro atoms. The summed E-state index contributed by atoms with van der Waals surface area (Å²) in [4.78, 5) is 25.0. The van der Waals surface area contributed by atoms with Gasteiger partial charge in [-0.05, 0) is 55.9 Å². The lowest BCUT2D eigenvalue weighted by Gasteiger charge is -2.46. The highest BCUT2D eigenvalue weighted by Gasteiger charge is 2.53. The molecule has 138 valence electrons. The van der Waals surface area contributed by atoms with Crippen LogP contribution in [0.25, 0.3) is 0 Å². The molecule has 5 heteroatoms. The van der Waals surface area contributed by atoms with Gasteiger partial charge in [0.1, 0.15) is 6.10 Å². The molecular formula is C21H23BrO4. The van der Waals surface area contributed by atoms with Crippen LogP contribution in [-0.2, 0) is 14.3 Å². The van der Waals surface area contributed by atoms with Crippen molar-refractivity contribution in [3.8, 4) is 0 Å². The molecule has 1 saturated heterocycles. The summed E-state index contributed by atoms with van der Waals surface area (Å²) >= 11 is 3.38. The van der Waals surface area contributed by atoms with Gasteiger partial charge in [-0.15, -0.1) is 0 Å². The van der Waals surface area contributed by atoms with Crippen LogP contribution in [-0.4, -0.2) is 24.6 Å². The van der Waals surface area contributed by atoms with Crippen molar-refractivity contribution in [3.63, 3.8) is 0 Å². The molecule has 1 heterocycles. The Morgan fingerprint density at radius 2 is 1.96 bits per heavy atom. The first-order valence-electron chi connectivity index (χ1n) is 9.27. The summed E-state index contributed by atoms with van der Waals surface area (Å²) in [6.07, 6.45) is 3.85. The van der Waals surface area contributed by atoms with Gasteiger partial charge in [-0.3, -0.25) is 4.79 Å². The van der Waals surface area contributed by atoms with Crippen molar-refractivity contribution in [1.29, 1.82) is 0 Å². The molecule has 6 atom stereocenters. The number of hydrogen-bond donors (Lipinski definition) is 0. The summed E-state index contributed by atoms with van der Waals surface area (Å²) in [5, 5.41) is 0. The first-order chi connectivity index (χ1) is 12.5. The maximum absolute atomic E-state index is 12.6. The van der Waals surface area contributed by atoms with Crippen LogP contribution >= 0.6 is 15.9 Å². The number of carbonyl (C=O) groups is 2. The molecule has 0 amide bonds. The predicted molar refractivity (Wildman–Crippen MR) is 100 cm³/mol. The smallest absolute Gasteiger partial charge is 0.338 e. The molecule has 1 aromatic carbocycles. The van der Waals surface area contributed by atoms with Crippen molar-refractivity contribution >= 4 is 27.9 Å². The third kappa shape index (κ3) is 3.00. The van der Waals surface area contributed by atoms with E-state index >= 15 is 0 Å². The van der Waals surface area contributed by atoms with Gasteiger partial charge >= 0.3 is 11.9 Å². The minimum absolute atomic E-state index is 0.0795. The maximum atomic E-state index is 12.6. The van der Waals surface area contributed by atoms with Crippen LogP contribution < -0.4 is 0 Å². The highest BCUT2D eigenvalue weighted by atomic mass is 79.9. The predicted octanol–water partition coefficient (Wildman–Crippen LogP) is 4.39. The molecule has 0 N–H and O–H groups in total. The van der Waals surface area contributed by atoms with Crippen LogP contribution in [0.15, 0.2) is 40.4 Å². The van der Waals surface area contributed by atoms with Gasteiger partial charge in [-0.25, -0.2) is 4.79 Å². The fourth-order valence-electron chi connectivity index (χ4n) is 4.98. The van der Waals surface area contributed by atoms with E-state index in [0.717, 1.165) is 17.3 Å². The zero-order valence-electron chi connectivity index (χ0n) is 15.0. The number of benzene rings is 1. The number of rotatable bonds is 2. The Balaban J connectivity index is 1.59. The minimum Gasteiger partial charge on any atom is -0.465 e. The molecule has 1 aromatic rings. The third-order valence-electron chi connectivity index (χ3n) is 6.34.